The number of fused-ring (bicyclic) bond motifs is 1. The Morgan fingerprint density at radius 3 is 2.61 bits per heavy atom. The van der Waals surface area contributed by atoms with Crippen molar-refractivity contribution in [3.05, 3.63) is 57.2 Å². The van der Waals surface area contributed by atoms with Gasteiger partial charge in [0.25, 0.3) is 11.5 Å². The van der Waals surface area contributed by atoms with Gasteiger partial charge in [-0.05, 0) is 31.5 Å². The SMILES string of the molecule is Cc1sc2ncn(CCC(=O)OCC(=O)N3CCN(c4ccccc4F)CC3)c(=O)c2c1C. The Kier molecular flexibility index (Phi) is 6.73. The minimum absolute atomic E-state index is 0.0381. The second-order valence-corrected chi connectivity index (χ2v) is 9.14. The average molecular weight is 473 g/mol. The second kappa shape index (κ2) is 9.70. The fourth-order valence-electron chi connectivity index (χ4n) is 3.85. The van der Waals surface area contributed by atoms with Crippen molar-refractivity contribution < 1.29 is 18.7 Å². The number of hydrogen-bond acceptors (Lipinski definition) is 7. The molecule has 1 aliphatic heterocycles. The first-order valence-corrected chi connectivity index (χ1v) is 11.5. The maximum Gasteiger partial charge on any atom is 0.308 e. The normalized spacial score (nSPS) is 14.0. The van der Waals surface area contributed by atoms with Crippen LogP contribution >= 0.6 is 11.3 Å². The number of halogens is 1. The zero-order chi connectivity index (χ0) is 23.5. The zero-order valence-electron chi connectivity index (χ0n) is 18.5. The third-order valence-corrected chi connectivity index (χ3v) is 7.01. The lowest BCUT2D eigenvalue weighted by atomic mass is 10.2. The summed E-state index contributed by atoms with van der Waals surface area (Å²) >= 11 is 1.47. The van der Waals surface area contributed by atoms with Gasteiger partial charge < -0.3 is 14.5 Å². The number of rotatable bonds is 6. The monoisotopic (exact) mass is 472 g/mol. The van der Waals surface area contributed by atoms with Gasteiger partial charge in [-0.15, -0.1) is 11.3 Å². The first kappa shape index (κ1) is 22.9. The van der Waals surface area contributed by atoms with Gasteiger partial charge in [-0.2, -0.15) is 0 Å². The van der Waals surface area contributed by atoms with Crippen LogP contribution in [0.3, 0.4) is 0 Å². The molecular weight excluding hydrogens is 447 g/mol. The first-order valence-electron chi connectivity index (χ1n) is 10.7. The fraction of sp³-hybridized carbons (Fsp3) is 0.391. The van der Waals surface area contributed by atoms with Gasteiger partial charge in [-0.25, -0.2) is 9.37 Å². The Balaban J connectivity index is 1.25. The number of carbonyl (C=O) groups is 2. The summed E-state index contributed by atoms with van der Waals surface area (Å²) in [4.78, 5) is 46.8. The van der Waals surface area contributed by atoms with Crippen LogP contribution in [-0.4, -0.2) is 59.1 Å². The van der Waals surface area contributed by atoms with E-state index in [9.17, 15) is 18.8 Å². The smallest absolute Gasteiger partial charge is 0.308 e. The van der Waals surface area contributed by atoms with Crippen molar-refractivity contribution in [2.75, 3.05) is 37.7 Å². The fourth-order valence-corrected chi connectivity index (χ4v) is 4.84. The predicted molar refractivity (Wildman–Crippen MR) is 124 cm³/mol. The molecule has 4 rings (SSSR count). The lowest BCUT2D eigenvalue weighted by molar-refractivity contribution is -0.152. The van der Waals surface area contributed by atoms with E-state index in [1.54, 1.807) is 23.1 Å². The van der Waals surface area contributed by atoms with Crippen LogP contribution in [0.2, 0.25) is 0 Å². The number of para-hydroxylation sites is 1. The van der Waals surface area contributed by atoms with Crippen molar-refractivity contribution in [1.82, 2.24) is 14.5 Å². The molecule has 1 saturated heterocycles. The van der Waals surface area contributed by atoms with E-state index in [1.165, 1.54) is 28.3 Å². The zero-order valence-corrected chi connectivity index (χ0v) is 19.4. The highest BCUT2D eigenvalue weighted by Crippen LogP contribution is 2.25. The first-order chi connectivity index (χ1) is 15.8. The van der Waals surface area contributed by atoms with E-state index in [-0.39, 0.29) is 36.9 Å². The maximum atomic E-state index is 14.0. The standard InChI is InChI=1S/C23H25FN4O4S/c1-15-16(2)33-22-21(15)23(31)28(14-25-22)8-7-20(30)32-13-19(29)27-11-9-26(10-12-27)18-6-4-3-5-17(18)24/h3-6,14H,7-13H2,1-2H3. The summed E-state index contributed by atoms with van der Waals surface area (Å²) in [7, 11) is 0. The van der Waals surface area contributed by atoms with Gasteiger partial charge in [0.15, 0.2) is 6.61 Å². The van der Waals surface area contributed by atoms with Gasteiger partial charge >= 0.3 is 5.97 Å². The molecule has 3 aromatic rings. The Hall–Kier alpha value is -3.27. The summed E-state index contributed by atoms with van der Waals surface area (Å²) in [5.74, 6) is -1.14. The van der Waals surface area contributed by atoms with Crippen molar-refractivity contribution in [1.29, 1.82) is 0 Å². The Labute approximate surface area is 194 Å². The van der Waals surface area contributed by atoms with E-state index in [1.807, 2.05) is 18.7 Å². The number of carbonyl (C=O) groups excluding carboxylic acids is 2. The summed E-state index contributed by atoms with van der Waals surface area (Å²) in [5.41, 5.74) is 1.25. The van der Waals surface area contributed by atoms with Crippen molar-refractivity contribution in [2.45, 2.75) is 26.8 Å². The maximum absolute atomic E-state index is 14.0. The average Bonchev–Trinajstić information content (AvgIpc) is 3.11. The molecule has 174 valence electrons. The number of amides is 1. The van der Waals surface area contributed by atoms with Gasteiger partial charge in [-0.3, -0.25) is 19.0 Å². The Morgan fingerprint density at radius 2 is 1.88 bits per heavy atom. The van der Waals surface area contributed by atoms with Crippen LogP contribution in [0.15, 0.2) is 35.4 Å². The van der Waals surface area contributed by atoms with Crippen LogP contribution < -0.4 is 10.5 Å². The van der Waals surface area contributed by atoms with Gasteiger partial charge in [0.05, 0.1) is 23.8 Å². The topological polar surface area (TPSA) is 84.7 Å². The predicted octanol–water partition coefficient (Wildman–Crippen LogP) is 2.50. The largest absolute Gasteiger partial charge is 0.456 e. The number of thiophene rings is 1. The highest BCUT2D eigenvalue weighted by molar-refractivity contribution is 7.18. The number of anilines is 1. The molecule has 1 aliphatic rings. The second-order valence-electron chi connectivity index (χ2n) is 7.94. The summed E-state index contributed by atoms with van der Waals surface area (Å²) in [6.45, 7) is 5.45. The van der Waals surface area contributed by atoms with Crippen LogP contribution in [0.1, 0.15) is 16.9 Å². The number of piperazine rings is 1. The van der Waals surface area contributed by atoms with E-state index in [0.717, 1.165) is 10.4 Å². The number of aryl methyl sites for hydroxylation is 3. The van der Waals surface area contributed by atoms with E-state index in [4.69, 9.17) is 4.74 Å². The van der Waals surface area contributed by atoms with Crippen molar-refractivity contribution in [3.8, 4) is 0 Å². The molecule has 0 aliphatic carbocycles. The summed E-state index contributed by atoms with van der Waals surface area (Å²) < 4.78 is 20.5. The lowest BCUT2D eigenvalue weighted by Crippen LogP contribution is -2.50. The minimum atomic E-state index is -0.557. The summed E-state index contributed by atoms with van der Waals surface area (Å²) in [5, 5.41) is 0.582. The quantitative estimate of drug-likeness (QED) is 0.513. The van der Waals surface area contributed by atoms with Gasteiger partial charge in [0, 0.05) is 37.6 Å². The van der Waals surface area contributed by atoms with Crippen LogP contribution in [0.25, 0.3) is 10.2 Å². The molecule has 1 fully saturated rings. The number of esters is 1. The van der Waals surface area contributed by atoms with Gasteiger partial charge in [0.2, 0.25) is 0 Å². The third kappa shape index (κ3) is 4.90. The number of benzene rings is 1. The van der Waals surface area contributed by atoms with Crippen LogP contribution in [-0.2, 0) is 20.9 Å². The highest BCUT2D eigenvalue weighted by Gasteiger charge is 2.23. The molecule has 2 aromatic heterocycles. The molecule has 10 heteroatoms. The molecule has 1 amide bonds. The lowest BCUT2D eigenvalue weighted by Gasteiger charge is -2.36. The molecular formula is C23H25FN4O4S. The molecule has 0 atom stereocenters. The molecule has 0 bridgehead atoms. The van der Waals surface area contributed by atoms with E-state index in [2.05, 4.69) is 4.98 Å². The molecule has 8 nitrogen and oxygen atoms in total. The van der Waals surface area contributed by atoms with Crippen LogP contribution in [0, 0.1) is 19.7 Å². The third-order valence-electron chi connectivity index (χ3n) is 5.89. The van der Waals surface area contributed by atoms with E-state index >= 15 is 0 Å². The van der Waals surface area contributed by atoms with Crippen LogP contribution in [0.5, 0.6) is 0 Å². The van der Waals surface area contributed by atoms with E-state index in [0.29, 0.717) is 42.1 Å². The summed E-state index contributed by atoms with van der Waals surface area (Å²) in [6.07, 6.45) is 1.40. The molecule has 1 aromatic carbocycles. The van der Waals surface area contributed by atoms with Gasteiger partial charge in [-0.1, -0.05) is 12.1 Å². The molecule has 0 N–H and O–H groups in total. The number of aromatic nitrogens is 2. The Bertz CT molecular complexity index is 1250. The number of hydrogen-bond donors (Lipinski definition) is 0. The minimum Gasteiger partial charge on any atom is -0.456 e. The number of nitrogens with zero attached hydrogens (tertiary/aromatic N) is 4. The number of ether oxygens (including phenoxy) is 1. The molecule has 0 saturated carbocycles. The van der Waals surface area contributed by atoms with Crippen LogP contribution in [0.4, 0.5) is 10.1 Å². The molecule has 0 radical (unpaired) electrons. The van der Waals surface area contributed by atoms with Crippen molar-refractivity contribution in [2.24, 2.45) is 0 Å². The van der Waals surface area contributed by atoms with E-state index < -0.39 is 5.97 Å². The van der Waals surface area contributed by atoms with Crippen molar-refractivity contribution >= 4 is 39.1 Å². The van der Waals surface area contributed by atoms with Crippen molar-refractivity contribution in [3.63, 3.8) is 0 Å². The Morgan fingerprint density at radius 1 is 1.15 bits per heavy atom. The highest BCUT2D eigenvalue weighted by atomic mass is 32.1. The molecule has 0 spiro atoms. The molecule has 33 heavy (non-hydrogen) atoms. The molecule has 0 unspecified atom stereocenters. The van der Waals surface area contributed by atoms with Gasteiger partial charge in [0.1, 0.15) is 10.6 Å². The molecule has 3 heterocycles. The summed E-state index contributed by atoms with van der Waals surface area (Å²) in [6, 6.07) is 6.55.